The molecule has 0 aliphatic heterocycles. The van der Waals surface area contributed by atoms with E-state index in [1.165, 1.54) is 22.9 Å². The fourth-order valence-electron chi connectivity index (χ4n) is 7.02. The van der Waals surface area contributed by atoms with Gasteiger partial charge in [-0.05, 0) is 85.3 Å². The third-order valence-corrected chi connectivity index (χ3v) is 11.8. The van der Waals surface area contributed by atoms with Crippen molar-refractivity contribution >= 4 is 112 Å². The second-order valence-electron chi connectivity index (χ2n) is 13.0. The highest BCUT2D eigenvalue weighted by Gasteiger charge is 2.36. The number of aliphatic hydroxyl groups is 1. The number of anilines is 3. The molecule has 0 radical (unpaired) electrons. The molecule has 9 aromatic rings. The van der Waals surface area contributed by atoms with Crippen molar-refractivity contribution in [2.24, 2.45) is 4.99 Å². The minimum Gasteiger partial charge on any atom is -0.378 e. The Hall–Kier alpha value is -5.72. The molecule has 3 heterocycles. The molecule has 52 heavy (non-hydrogen) atoms. The molecule has 0 amide bonds. The molecule has 1 unspecified atom stereocenters. The molecular formula is C41H26N6O2S3. The van der Waals surface area contributed by atoms with Crippen molar-refractivity contribution in [3.05, 3.63) is 131 Å². The summed E-state index contributed by atoms with van der Waals surface area (Å²) in [5, 5.41) is 15.9. The van der Waals surface area contributed by atoms with E-state index in [-0.39, 0.29) is 5.78 Å². The number of thiophene rings is 1. The summed E-state index contributed by atoms with van der Waals surface area (Å²) in [4.78, 5) is 21.5. The summed E-state index contributed by atoms with van der Waals surface area (Å²) >= 11 is 3.97. The molecular weight excluding hydrogens is 705 g/mol. The highest BCUT2D eigenvalue weighted by molar-refractivity contribution is 7.19. The lowest BCUT2D eigenvalue weighted by molar-refractivity contribution is 0.0856. The average Bonchev–Trinajstić information content (AvgIpc) is 3.99. The van der Waals surface area contributed by atoms with E-state index in [4.69, 9.17) is 18.1 Å². The van der Waals surface area contributed by atoms with E-state index in [1.54, 1.807) is 11.3 Å². The first-order chi connectivity index (χ1) is 25.4. The van der Waals surface area contributed by atoms with Gasteiger partial charge in [0.1, 0.15) is 27.1 Å². The fourth-order valence-corrected chi connectivity index (χ4v) is 9.23. The van der Waals surface area contributed by atoms with Crippen LogP contribution in [0.4, 0.5) is 22.1 Å². The highest BCUT2D eigenvalue weighted by atomic mass is 32.1. The van der Waals surface area contributed by atoms with Crippen molar-refractivity contribution in [2.45, 2.75) is 20.0 Å². The van der Waals surface area contributed by atoms with Gasteiger partial charge < -0.3 is 10.0 Å². The Morgan fingerprint density at radius 2 is 1.21 bits per heavy atom. The topological polar surface area (TPSA) is 104 Å². The number of rotatable bonds is 5. The van der Waals surface area contributed by atoms with E-state index in [0.717, 1.165) is 71.1 Å². The molecule has 1 N–H and O–H groups in total. The van der Waals surface area contributed by atoms with E-state index < -0.39 is 6.10 Å². The molecule has 6 aromatic carbocycles. The van der Waals surface area contributed by atoms with Gasteiger partial charge in [0, 0.05) is 43.7 Å². The summed E-state index contributed by atoms with van der Waals surface area (Å²) in [7, 11) is 0. The Morgan fingerprint density at radius 1 is 0.635 bits per heavy atom. The highest BCUT2D eigenvalue weighted by Crippen LogP contribution is 2.46. The molecule has 1 aliphatic carbocycles. The molecule has 0 spiro atoms. The number of carbonyl (C=O) groups is 1. The average molecular weight is 731 g/mol. The van der Waals surface area contributed by atoms with Gasteiger partial charge in [0.25, 0.3) is 0 Å². The Labute approximate surface area is 309 Å². The van der Waals surface area contributed by atoms with Gasteiger partial charge in [0.2, 0.25) is 0 Å². The molecule has 0 saturated carbocycles. The smallest absolute Gasteiger partial charge is 0.198 e. The summed E-state index contributed by atoms with van der Waals surface area (Å²) in [6.45, 7) is 4.20. The lowest BCUT2D eigenvalue weighted by Crippen LogP contribution is -2.21. The minimum absolute atomic E-state index is 0.307. The number of nitrogens with zero attached hydrogens (tertiary/aromatic N) is 6. The van der Waals surface area contributed by atoms with Gasteiger partial charge in [-0.3, -0.25) is 4.79 Å². The van der Waals surface area contributed by atoms with Crippen LogP contribution in [0.25, 0.3) is 54.1 Å². The van der Waals surface area contributed by atoms with E-state index in [2.05, 4.69) is 89.9 Å². The van der Waals surface area contributed by atoms with Crippen LogP contribution >= 0.6 is 34.8 Å². The van der Waals surface area contributed by atoms with Crippen molar-refractivity contribution < 1.29 is 9.90 Å². The number of aromatic nitrogens is 4. The van der Waals surface area contributed by atoms with Crippen LogP contribution in [-0.2, 0) is 0 Å². The summed E-state index contributed by atoms with van der Waals surface area (Å²) in [5.41, 5.74) is 10.3. The predicted octanol–water partition coefficient (Wildman–Crippen LogP) is 10.5. The summed E-state index contributed by atoms with van der Waals surface area (Å²) in [5.74, 6) is -0.359. The molecule has 0 saturated heterocycles. The Balaban J connectivity index is 1.12. The first-order valence-electron chi connectivity index (χ1n) is 16.6. The number of ketones is 1. The van der Waals surface area contributed by atoms with E-state index in [0.29, 0.717) is 33.6 Å². The maximum Gasteiger partial charge on any atom is 0.198 e. The number of aliphatic hydroxyl groups excluding tert-OH is 1. The normalized spacial score (nSPS) is 15.1. The van der Waals surface area contributed by atoms with Crippen LogP contribution in [0.3, 0.4) is 0 Å². The van der Waals surface area contributed by atoms with Gasteiger partial charge in [-0.2, -0.15) is 17.5 Å². The van der Waals surface area contributed by atoms with Gasteiger partial charge in [-0.1, -0.05) is 59.7 Å². The largest absolute Gasteiger partial charge is 0.378 e. The predicted molar refractivity (Wildman–Crippen MR) is 214 cm³/mol. The number of fused-ring (bicyclic) bond motifs is 7. The van der Waals surface area contributed by atoms with E-state index in [1.807, 2.05) is 42.5 Å². The Bertz CT molecular complexity index is 2880. The summed E-state index contributed by atoms with van der Waals surface area (Å²) in [6.07, 6.45) is -1.38. The summed E-state index contributed by atoms with van der Waals surface area (Å²) in [6, 6.07) is 37.1. The van der Waals surface area contributed by atoms with Gasteiger partial charge >= 0.3 is 0 Å². The van der Waals surface area contributed by atoms with Crippen LogP contribution in [0.15, 0.2) is 114 Å². The van der Waals surface area contributed by atoms with Crippen LogP contribution in [0.1, 0.15) is 27.0 Å². The second-order valence-corrected chi connectivity index (χ2v) is 15.1. The maximum absolute atomic E-state index is 13.2. The van der Waals surface area contributed by atoms with Crippen molar-refractivity contribution in [1.29, 1.82) is 0 Å². The molecule has 8 nitrogen and oxygen atoms in total. The molecule has 1 atom stereocenters. The standard InChI is InChI=1S/C41H26N6O2S3/c1-21-7-11-25(12-8-21)47(26-13-9-22(2)10-14-26)34-16-15-33(50-34)31-19-28-29(35-37(31)45-51-43-35)20-32(39-36(28)44-52-46-39)42-38-27-17-23-5-3-4-6-24(23)18-30(27)40(48)41(38)49/h3-20,41,49H,1-2H3. The zero-order valence-electron chi connectivity index (χ0n) is 27.7. The van der Waals surface area contributed by atoms with Crippen molar-refractivity contribution in [2.75, 3.05) is 4.90 Å². The molecule has 1 aliphatic rings. The number of hydrogen-bond donors (Lipinski definition) is 1. The zero-order chi connectivity index (χ0) is 35.1. The lowest BCUT2D eigenvalue weighted by atomic mass is 10.0. The third kappa shape index (κ3) is 4.89. The molecule has 3 aromatic heterocycles. The molecule has 250 valence electrons. The van der Waals surface area contributed by atoms with Crippen LogP contribution in [0.5, 0.6) is 0 Å². The van der Waals surface area contributed by atoms with Crippen LogP contribution in [0, 0.1) is 13.8 Å². The van der Waals surface area contributed by atoms with Gasteiger partial charge in [-0.15, -0.1) is 11.3 Å². The zero-order valence-corrected chi connectivity index (χ0v) is 30.2. The Morgan fingerprint density at radius 3 is 1.88 bits per heavy atom. The summed E-state index contributed by atoms with van der Waals surface area (Å²) < 4.78 is 19.0. The second kappa shape index (κ2) is 11.9. The third-order valence-electron chi connectivity index (χ3n) is 9.68. The van der Waals surface area contributed by atoms with Gasteiger partial charge in [0.15, 0.2) is 11.9 Å². The Kier molecular flexibility index (Phi) is 7.12. The quantitative estimate of drug-likeness (QED) is 0.188. The number of hydrogen-bond acceptors (Lipinski definition) is 11. The minimum atomic E-state index is -1.38. The van der Waals surface area contributed by atoms with Gasteiger partial charge in [0.05, 0.1) is 34.9 Å². The van der Waals surface area contributed by atoms with Crippen LogP contribution < -0.4 is 4.90 Å². The van der Waals surface area contributed by atoms with Crippen molar-refractivity contribution in [1.82, 2.24) is 17.5 Å². The molecule has 11 heteroatoms. The van der Waals surface area contributed by atoms with Crippen LogP contribution in [0.2, 0.25) is 0 Å². The number of benzene rings is 6. The number of aliphatic imine (C=N–C) groups is 1. The lowest BCUT2D eigenvalue weighted by Gasteiger charge is -2.24. The SMILES string of the molecule is Cc1ccc(N(c2ccc(C)cc2)c2ccc(-c3cc4c(cc(N=C5c6cc7ccccc7cc6C(=O)C5O)c5nsnc54)c4nsnc34)s2)cc1. The number of aryl methyl sites for hydroxylation is 2. The van der Waals surface area contributed by atoms with Crippen molar-refractivity contribution in [3.63, 3.8) is 0 Å². The monoisotopic (exact) mass is 730 g/mol. The maximum atomic E-state index is 13.2. The van der Waals surface area contributed by atoms with Crippen LogP contribution in [-0.4, -0.2) is 40.2 Å². The van der Waals surface area contributed by atoms with Crippen molar-refractivity contribution in [3.8, 4) is 10.4 Å². The molecule has 0 bridgehead atoms. The first-order valence-corrected chi connectivity index (χ1v) is 18.9. The number of carbonyl (C=O) groups excluding carboxylic acids is 1. The molecule has 0 fully saturated rings. The van der Waals surface area contributed by atoms with E-state index >= 15 is 0 Å². The first kappa shape index (κ1) is 31.1. The fraction of sp³-hybridized carbons (Fsp3) is 0.0732. The van der Waals surface area contributed by atoms with E-state index in [9.17, 15) is 9.90 Å². The van der Waals surface area contributed by atoms with Gasteiger partial charge in [-0.25, -0.2) is 4.99 Å². The molecule has 10 rings (SSSR count). The number of Topliss-reactive ketones (excluding diaryl/α,β-unsaturated/α-hetero) is 1.